The number of hydrogen-bond acceptors (Lipinski definition) is 4. The Labute approximate surface area is 138 Å². The van der Waals surface area contributed by atoms with Crippen LogP contribution in [0.15, 0.2) is 34.2 Å². The third-order valence-electron chi connectivity index (χ3n) is 3.85. The highest BCUT2D eigenvalue weighted by Crippen LogP contribution is 2.35. The normalized spacial score (nSPS) is 16.0. The number of carbonyl (C=O) groups is 1. The molecule has 0 saturated carbocycles. The zero-order valence-corrected chi connectivity index (χ0v) is 14.2. The highest BCUT2D eigenvalue weighted by atomic mass is 32.2. The van der Waals surface area contributed by atoms with Crippen molar-refractivity contribution in [2.45, 2.75) is 38.5 Å². The molecule has 0 spiro atoms. The SMILES string of the molecule is CCSc1n[n+]2c(c(=O)[nH]1)-c1ccccc1N(C(C)=O)C2CC. The minimum Gasteiger partial charge on any atom is -0.291 e. The lowest BCUT2D eigenvalue weighted by Crippen LogP contribution is -2.60. The number of H-pyrrole nitrogens is 1. The van der Waals surface area contributed by atoms with Crippen LogP contribution in [0.1, 0.15) is 33.4 Å². The molecular weight excluding hydrogens is 312 g/mol. The van der Waals surface area contributed by atoms with Crippen LogP contribution in [-0.2, 0) is 4.79 Å². The summed E-state index contributed by atoms with van der Waals surface area (Å²) in [6, 6.07) is 7.46. The molecule has 120 valence electrons. The molecule has 1 aliphatic rings. The van der Waals surface area contributed by atoms with Crippen molar-refractivity contribution in [1.29, 1.82) is 0 Å². The number of thioether (sulfide) groups is 1. The summed E-state index contributed by atoms with van der Waals surface area (Å²) in [5.74, 6) is 0.751. The fourth-order valence-corrected chi connectivity index (χ4v) is 3.57. The minimum absolute atomic E-state index is 0.0609. The maximum Gasteiger partial charge on any atom is 0.325 e. The monoisotopic (exact) mass is 331 g/mol. The molecule has 2 aromatic rings. The lowest BCUT2D eigenvalue weighted by Gasteiger charge is -2.30. The summed E-state index contributed by atoms with van der Waals surface area (Å²) in [4.78, 5) is 29.4. The van der Waals surface area contributed by atoms with Gasteiger partial charge in [-0.25, -0.2) is 0 Å². The van der Waals surface area contributed by atoms with Crippen LogP contribution < -0.4 is 15.1 Å². The van der Waals surface area contributed by atoms with Crippen LogP contribution in [0, 0.1) is 0 Å². The van der Waals surface area contributed by atoms with E-state index >= 15 is 0 Å². The van der Waals surface area contributed by atoms with E-state index in [0.29, 0.717) is 17.3 Å². The number of rotatable bonds is 3. The van der Waals surface area contributed by atoms with E-state index < -0.39 is 0 Å². The molecule has 1 unspecified atom stereocenters. The van der Waals surface area contributed by atoms with Crippen molar-refractivity contribution in [2.75, 3.05) is 10.7 Å². The molecular formula is C16H19N4O2S+. The molecule has 0 saturated heterocycles. The van der Waals surface area contributed by atoms with Crippen molar-refractivity contribution in [3.05, 3.63) is 34.6 Å². The van der Waals surface area contributed by atoms with Crippen LogP contribution in [0.4, 0.5) is 5.69 Å². The second-order valence-corrected chi connectivity index (χ2v) is 6.53. The molecule has 0 radical (unpaired) electrons. The summed E-state index contributed by atoms with van der Waals surface area (Å²) >= 11 is 1.47. The topological polar surface area (TPSA) is 69.9 Å². The van der Waals surface area contributed by atoms with Gasteiger partial charge >= 0.3 is 11.3 Å². The first-order chi connectivity index (χ1) is 11.1. The Bertz CT molecular complexity index is 818. The zero-order valence-electron chi connectivity index (χ0n) is 13.4. The molecule has 2 heterocycles. The van der Waals surface area contributed by atoms with E-state index in [-0.39, 0.29) is 17.6 Å². The molecule has 7 heteroatoms. The van der Waals surface area contributed by atoms with Crippen molar-refractivity contribution < 1.29 is 9.48 Å². The van der Waals surface area contributed by atoms with Crippen LogP contribution >= 0.6 is 11.8 Å². The van der Waals surface area contributed by atoms with Gasteiger partial charge in [0.15, 0.2) is 0 Å². The van der Waals surface area contributed by atoms with Gasteiger partial charge in [-0.3, -0.25) is 19.5 Å². The molecule has 1 aromatic heterocycles. The summed E-state index contributed by atoms with van der Waals surface area (Å²) in [5.41, 5.74) is 1.82. The Morgan fingerprint density at radius 2 is 2.13 bits per heavy atom. The number of anilines is 1. The number of carbonyl (C=O) groups excluding carboxylic acids is 1. The lowest BCUT2D eigenvalue weighted by atomic mass is 10.0. The minimum atomic E-state index is -0.295. The fourth-order valence-electron chi connectivity index (χ4n) is 2.99. The molecule has 1 N–H and O–H groups in total. The Balaban J connectivity index is 2.32. The molecule has 1 atom stereocenters. The van der Waals surface area contributed by atoms with Gasteiger partial charge in [0.1, 0.15) is 0 Å². The van der Waals surface area contributed by atoms with Gasteiger partial charge < -0.3 is 0 Å². The number of benzene rings is 1. The van der Waals surface area contributed by atoms with Crippen molar-refractivity contribution in [3.8, 4) is 11.3 Å². The van der Waals surface area contributed by atoms with E-state index in [0.717, 1.165) is 17.0 Å². The number of hydrogen-bond donors (Lipinski definition) is 1. The smallest absolute Gasteiger partial charge is 0.291 e. The first-order valence-corrected chi connectivity index (χ1v) is 8.65. The van der Waals surface area contributed by atoms with Crippen molar-refractivity contribution in [1.82, 2.24) is 10.1 Å². The average Bonchev–Trinajstić information content (AvgIpc) is 2.53. The maximum atomic E-state index is 12.6. The number of nitrogens with zero attached hydrogens (tertiary/aromatic N) is 3. The molecule has 1 amide bonds. The van der Waals surface area contributed by atoms with E-state index in [1.807, 2.05) is 38.1 Å². The molecule has 0 aliphatic carbocycles. The molecule has 6 nitrogen and oxygen atoms in total. The lowest BCUT2D eigenvalue weighted by molar-refractivity contribution is -0.771. The fraction of sp³-hybridized carbons (Fsp3) is 0.375. The summed E-state index contributed by atoms with van der Waals surface area (Å²) < 4.78 is 1.69. The van der Waals surface area contributed by atoms with E-state index in [1.54, 1.807) is 16.5 Å². The Morgan fingerprint density at radius 3 is 2.78 bits per heavy atom. The van der Waals surface area contributed by atoms with E-state index in [2.05, 4.69) is 10.1 Å². The Kier molecular flexibility index (Phi) is 4.21. The number of fused-ring (bicyclic) bond motifs is 3. The molecule has 23 heavy (non-hydrogen) atoms. The number of amides is 1. The van der Waals surface area contributed by atoms with Crippen LogP contribution in [-0.4, -0.2) is 21.7 Å². The highest BCUT2D eigenvalue weighted by Gasteiger charge is 2.42. The van der Waals surface area contributed by atoms with Crippen LogP contribution in [0.2, 0.25) is 0 Å². The summed E-state index contributed by atoms with van der Waals surface area (Å²) in [7, 11) is 0. The first kappa shape index (κ1) is 15.7. The van der Waals surface area contributed by atoms with Gasteiger partial charge in [0.05, 0.1) is 11.3 Å². The third-order valence-corrected chi connectivity index (χ3v) is 4.59. The largest absolute Gasteiger partial charge is 0.325 e. The van der Waals surface area contributed by atoms with Crippen LogP contribution in [0.25, 0.3) is 11.3 Å². The van der Waals surface area contributed by atoms with Gasteiger partial charge in [0.2, 0.25) is 11.1 Å². The maximum absolute atomic E-state index is 12.6. The number of aromatic amines is 1. The predicted octanol–water partition coefficient (Wildman–Crippen LogP) is 2.11. The standard InChI is InChI=1S/C16H18N4O2S/c1-4-13-19(10(3)21)12-9-7-6-8-11(12)14-15(22)17-16(23-5-2)18-20(13)14/h6-9,13H,4-5H2,1-3H3/p+1. The Morgan fingerprint density at radius 1 is 1.39 bits per heavy atom. The van der Waals surface area contributed by atoms with Gasteiger partial charge in [-0.2, -0.15) is 0 Å². The number of aromatic nitrogens is 3. The molecule has 1 aromatic carbocycles. The molecule has 1 aliphatic heterocycles. The van der Waals surface area contributed by atoms with Gasteiger partial charge in [-0.1, -0.05) is 42.4 Å². The van der Waals surface area contributed by atoms with Crippen molar-refractivity contribution in [3.63, 3.8) is 0 Å². The summed E-state index contributed by atoms with van der Waals surface area (Å²) in [6.07, 6.45) is 0.369. The van der Waals surface area contributed by atoms with Crippen molar-refractivity contribution in [2.24, 2.45) is 0 Å². The van der Waals surface area contributed by atoms with Crippen LogP contribution in [0.3, 0.4) is 0 Å². The summed E-state index contributed by atoms with van der Waals surface area (Å²) in [6.45, 7) is 5.53. The third kappa shape index (κ3) is 2.55. The van der Waals surface area contributed by atoms with E-state index in [1.165, 1.54) is 11.8 Å². The molecule has 0 bridgehead atoms. The predicted molar refractivity (Wildman–Crippen MR) is 89.4 cm³/mol. The summed E-state index contributed by atoms with van der Waals surface area (Å²) in [5, 5.41) is 5.15. The number of para-hydroxylation sites is 1. The molecule has 0 fully saturated rings. The van der Waals surface area contributed by atoms with Crippen molar-refractivity contribution >= 4 is 23.4 Å². The number of nitrogens with one attached hydrogen (secondary N) is 1. The second-order valence-electron chi connectivity index (χ2n) is 5.28. The highest BCUT2D eigenvalue weighted by molar-refractivity contribution is 7.99. The van der Waals surface area contributed by atoms with Gasteiger partial charge in [0, 0.05) is 18.4 Å². The van der Waals surface area contributed by atoms with E-state index in [4.69, 9.17) is 0 Å². The first-order valence-electron chi connectivity index (χ1n) is 7.66. The zero-order chi connectivity index (χ0) is 16.6. The Hall–Kier alpha value is -2.15. The van der Waals surface area contributed by atoms with Gasteiger partial charge in [-0.05, 0) is 17.9 Å². The average molecular weight is 331 g/mol. The van der Waals surface area contributed by atoms with Crippen LogP contribution in [0.5, 0.6) is 0 Å². The van der Waals surface area contributed by atoms with E-state index in [9.17, 15) is 9.59 Å². The molecule has 3 rings (SSSR count). The van der Waals surface area contributed by atoms with Gasteiger partial charge in [-0.15, -0.1) is 0 Å². The van der Waals surface area contributed by atoms with Gasteiger partial charge in [0.25, 0.3) is 6.17 Å². The quantitative estimate of drug-likeness (QED) is 0.691. The second kappa shape index (κ2) is 6.16.